The van der Waals surface area contributed by atoms with E-state index in [-0.39, 0.29) is 18.0 Å². The lowest BCUT2D eigenvalue weighted by Gasteiger charge is -2.33. The minimum atomic E-state index is -3.71. The first-order chi connectivity index (χ1) is 20.4. The monoisotopic (exact) mass is 610 g/mol. The number of anilines is 2. The van der Waals surface area contributed by atoms with Crippen LogP contribution in [-0.4, -0.2) is 88.7 Å². The van der Waals surface area contributed by atoms with Gasteiger partial charge in [-0.1, -0.05) is 24.3 Å². The molecule has 43 heavy (non-hydrogen) atoms. The summed E-state index contributed by atoms with van der Waals surface area (Å²) < 4.78 is 35.3. The SMILES string of the molecule is CC(=O)O.CN(C)c1cccc2c(S(=O)(=O)NC3CCN(CC4CN(c5ccc(C(=N)N)cc5)C(=O)O4)CC3)cccc12. The first-order valence-electron chi connectivity index (χ1n) is 13.9. The number of aliphatic carboxylic acids is 1. The van der Waals surface area contributed by atoms with Crippen molar-refractivity contribution in [2.24, 2.45) is 5.73 Å². The Hall–Kier alpha value is -4.20. The van der Waals surface area contributed by atoms with E-state index in [4.69, 9.17) is 25.8 Å². The lowest BCUT2D eigenvalue weighted by molar-refractivity contribution is -0.134. The van der Waals surface area contributed by atoms with Gasteiger partial charge >= 0.3 is 6.09 Å². The number of piperidine rings is 1. The maximum atomic E-state index is 13.4. The van der Waals surface area contributed by atoms with Crippen molar-refractivity contribution in [2.45, 2.75) is 36.8 Å². The van der Waals surface area contributed by atoms with Crippen molar-refractivity contribution in [1.82, 2.24) is 9.62 Å². The molecule has 230 valence electrons. The van der Waals surface area contributed by atoms with Crippen molar-refractivity contribution in [3.63, 3.8) is 0 Å². The Balaban J connectivity index is 0.000000996. The van der Waals surface area contributed by atoms with Gasteiger partial charge < -0.3 is 20.5 Å². The number of sulfonamides is 1. The molecule has 2 aliphatic heterocycles. The van der Waals surface area contributed by atoms with Crippen molar-refractivity contribution in [3.8, 4) is 0 Å². The van der Waals surface area contributed by atoms with Gasteiger partial charge in [-0.2, -0.15) is 0 Å². The largest absolute Gasteiger partial charge is 0.481 e. The summed E-state index contributed by atoms with van der Waals surface area (Å²) in [5, 5.41) is 16.5. The number of rotatable bonds is 8. The van der Waals surface area contributed by atoms with Crippen molar-refractivity contribution in [1.29, 1.82) is 5.41 Å². The summed E-state index contributed by atoms with van der Waals surface area (Å²) in [6.07, 6.45) is 0.666. The van der Waals surface area contributed by atoms with Gasteiger partial charge in [0.2, 0.25) is 10.0 Å². The quantitative estimate of drug-likeness (QED) is 0.221. The molecule has 1 amide bonds. The summed E-state index contributed by atoms with van der Waals surface area (Å²) in [4.78, 5) is 27.5. The van der Waals surface area contributed by atoms with Crippen LogP contribution in [-0.2, 0) is 19.6 Å². The summed E-state index contributed by atoms with van der Waals surface area (Å²) in [6.45, 7) is 3.51. The topological polar surface area (TPSA) is 169 Å². The predicted molar refractivity (Wildman–Crippen MR) is 166 cm³/mol. The van der Waals surface area contributed by atoms with Crippen molar-refractivity contribution in [3.05, 3.63) is 66.2 Å². The Kier molecular flexibility index (Phi) is 9.89. The van der Waals surface area contributed by atoms with Gasteiger partial charge in [-0.15, -0.1) is 0 Å². The van der Waals surface area contributed by atoms with E-state index in [1.807, 2.05) is 43.3 Å². The third-order valence-electron chi connectivity index (χ3n) is 7.37. The number of amides is 1. The molecule has 0 spiro atoms. The third kappa shape index (κ3) is 7.80. The number of nitrogen functional groups attached to an aromatic ring is 1. The number of likely N-dealkylation sites (tertiary alicyclic amines) is 1. The van der Waals surface area contributed by atoms with E-state index in [1.54, 1.807) is 41.3 Å². The van der Waals surface area contributed by atoms with E-state index < -0.39 is 22.1 Å². The second kappa shape index (κ2) is 13.4. The number of fused-ring (bicyclic) bond motifs is 1. The number of nitrogens with one attached hydrogen (secondary N) is 2. The maximum Gasteiger partial charge on any atom is 0.414 e. The average Bonchev–Trinajstić information content (AvgIpc) is 3.32. The highest BCUT2D eigenvalue weighted by molar-refractivity contribution is 7.89. The number of nitrogens with zero attached hydrogens (tertiary/aromatic N) is 3. The molecule has 1 unspecified atom stereocenters. The Morgan fingerprint density at radius 1 is 1.07 bits per heavy atom. The highest BCUT2D eigenvalue weighted by Gasteiger charge is 2.35. The zero-order chi connectivity index (χ0) is 31.3. The van der Waals surface area contributed by atoms with Crippen LogP contribution in [0.15, 0.2) is 65.6 Å². The molecular formula is C30H38N6O6S. The number of hydrogen-bond donors (Lipinski definition) is 4. The van der Waals surface area contributed by atoms with Gasteiger partial charge in [0, 0.05) is 61.3 Å². The third-order valence-corrected chi connectivity index (χ3v) is 8.94. The molecule has 0 bridgehead atoms. The molecule has 0 aromatic heterocycles. The van der Waals surface area contributed by atoms with E-state index in [2.05, 4.69) is 9.62 Å². The van der Waals surface area contributed by atoms with Gasteiger partial charge in [0.05, 0.1) is 11.4 Å². The molecule has 0 aliphatic carbocycles. The second-order valence-electron chi connectivity index (χ2n) is 10.8. The number of benzene rings is 3. The molecule has 2 aliphatic rings. The summed E-state index contributed by atoms with van der Waals surface area (Å²) in [6, 6.07) is 17.9. The van der Waals surface area contributed by atoms with Crippen LogP contribution in [0.25, 0.3) is 10.8 Å². The minimum absolute atomic E-state index is 0.0234. The van der Waals surface area contributed by atoms with Gasteiger partial charge in [0.1, 0.15) is 11.9 Å². The smallest absolute Gasteiger partial charge is 0.414 e. The van der Waals surface area contributed by atoms with Crippen LogP contribution in [0.2, 0.25) is 0 Å². The van der Waals surface area contributed by atoms with Gasteiger partial charge in [0.15, 0.2) is 0 Å². The summed E-state index contributed by atoms with van der Waals surface area (Å²) >= 11 is 0. The van der Waals surface area contributed by atoms with Crippen LogP contribution in [0, 0.1) is 5.41 Å². The number of carbonyl (C=O) groups excluding carboxylic acids is 1. The second-order valence-corrected chi connectivity index (χ2v) is 12.5. The molecule has 5 N–H and O–H groups in total. The van der Waals surface area contributed by atoms with Crippen LogP contribution in [0.5, 0.6) is 0 Å². The van der Waals surface area contributed by atoms with Crippen LogP contribution in [0.1, 0.15) is 25.3 Å². The first-order valence-corrected chi connectivity index (χ1v) is 15.4. The van der Waals surface area contributed by atoms with E-state index in [0.717, 1.165) is 18.0 Å². The molecule has 12 nitrogen and oxygen atoms in total. The zero-order valence-electron chi connectivity index (χ0n) is 24.5. The van der Waals surface area contributed by atoms with Crippen molar-refractivity contribution in [2.75, 3.05) is 50.1 Å². The average molecular weight is 611 g/mol. The number of carbonyl (C=O) groups is 2. The Labute approximate surface area is 251 Å². The number of ether oxygens (including phenoxy) is 1. The standard InChI is InChI=1S/C28H34N6O4S.C2H4O2/c1-32(2)25-7-3-6-24-23(25)5-4-8-26(24)39(36,37)31-20-13-15-33(16-14-20)17-22-18-34(28(35)38-22)21-11-9-19(10-12-21)27(29)30;1-2(3)4/h3-12,20,22,31H,13-18H2,1-2H3,(H3,29,30);1H3,(H,3,4). The number of nitrogens with two attached hydrogens (primary N) is 1. The van der Waals surface area contributed by atoms with Gasteiger partial charge in [-0.25, -0.2) is 17.9 Å². The normalized spacial score (nSPS) is 17.7. The maximum absolute atomic E-state index is 13.4. The van der Waals surface area contributed by atoms with Crippen molar-refractivity contribution >= 4 is 50.1 Å². The van der Waals surface area contributed by atoms with E-state index in [0.29, 0.717) is 60.6 Å². The molecule has 0 radical (unpaired) electrons. The molecule has 2 fully saturated rings. The predicted octanol–water partition coefficient (Wildman–Crippen LogP) is 3.05. The van der Waals surface area contributed by atoms with E-state index in [1.165, 1.54) is 0 Å². The van der Waals surface area contributed by atoms with Crippen LogP contribution in [0.4, 0.5) is 16.2 Å². The molecule has 3 aromatic rings. The zero-order valence-corrected chi connectivity index (χ0v) is 25.3. The number of carboxylic acids is 1. The van der Waals surface area contributed by atoms with Gasteiger partial charge in [-0.3, -0.25) is 20.0 Å². The fourth-order valence-corrected chi connectivity index (χ4v) is 6.87. The van der Waals surface area contributed by atoms with Crippen LogP contribution >= 0.6 is 0 Å². The van der Waals surface area contributed by atoms with E-state index >= 15 is 0 Å². The number of cyclic esters (lactones) is 1. The minimum Gasteiger partial charge on any atom is -0.481 e. The number of amidine groups is 1. The molecule has 3 aromatic carbocycles. The molecule has 5 rings (SSSR count). The summed E-state index contributed by atoms with van der Waals surface area (Å²) in [5.41, 5.74) is 7.78. The Bertz CT molecular complexity index is 1580. The highest BCUT2D eigenvalue weighted by atomic mass is 32.2. The molecular weight excluding hydrogens is 572 g/mol. The Morgan fingerprint density at radius 3 is 2.28 bits per heavy atom. The van der Waals surface area contributed by atoms with Crippen LogP contribution in [0.3, 0.4) is 0 Å². The van der Waals surface area contributed by atoms with Crippen LogP contribution < -0.4 is 20.3 Å². The number of hydrogen-bond acceptors (Lipinski definition) is 8. The molecule has 13 heteroatoms. The van der Waals surface area contributed by atoms with E-state index in [9.17, 15) is 13.2 Å². The molecule has 0 saturated carbocycles. The lowest BCUT2D eigenvalue weighted by Crippen LogP contribution is -2.46. The summed E-state index contributed by atoms with van der Waals surface area (Å²) in [7, 11) is 0.180. The summed E-state index contributed by atoms with van der Waals surface area (Å²) in [5.74, 6) is -0.857. The fourth-order valence-electron chi connectivity index (χ4n) is 5.34. The Morgan fingerprint density at radius 2 is 1.67 bits per heavy atom. The lowest BCUT2D eigenvalue weighted by atomic mass is 10.1. The molecule has 2 heterocycles. The van der Waals surface area contributed by atoms with Gasteiger partial charge in [0.25, 0.3) is 5.97 Å². The molecule has 2 saturated heterocycles. The van der Waals surface area contributed by atoms with Gasteiger partial charge in [-0.05, 0) is 62.3 Å². The highest BCUT2D eigenvalue weighted by Crippen LogP contribution is 2.31. The number of carboxylic acid groups (broad SMARTS) is 1. The first kappa shape index (κ1) is 31.7. The fraction of sp³-hybridized carbons (Fsp3) is 0.367. The van der Waals surface area contributed by atoms with Crippen molar-refractivity contribution < 1.29 is 27.9 Å². The molecule has 1 atom stereocenters.